The molecule has 6 nitrogen and oxygen atoms in total. The number of nitrogens with one attached hydrogen (secondary N) is 2. The maximum absolute atomic E-state index is 13.3. The van der Waals surface area contributed by atoms with E-state index in [0.29, 0.717) is 16.3 Å². The highest BCUT2D eigenvalue weighted by atomic mass is 35.5. The Labute approximate surface area is 155 Å². The van der Waals surface area contributed by atoms with Gasteiger partial charge in [-0.05, 0) is 35.9 Å². The van der Waals surface area contributed by atoms with Crippen LogP contribution in [-0.4, -0.2) is 32.6 Å². The summed E-state index contributed by atoms with van der Waals surface area (Å²) in [6, 6.07) is 10.4. The van der Waals surface area contributed by atoms with Gasteiger partial charge in [-0.15, -0.1) is 0 Å². The van der Waals surface area contributed by atoms with Crippen LogP contribution in [0.1, 0.15) is 11.7 Å². The summed E-state index contributed by atoms with van der Waals surface area (Å²) in [6.07, 6.45) is -0.594. The predicted octanol–water partition coefficient (Wildman–Crippen LogP) is 2.93. The van der Waals surface area contributed by atoms with E-state index < -0.39 is 23.7 Å². The number of benzene rings is 2. The topological polar surface area (TPSA) is 76.7 Å². The normalized spacial score (nSPS) is 11.5. The van der Waals surface area contributed by atoms with E-state index in [1.54, 1.807) is 18.2 Å². The second kappa shape index (κ2) is 9.17. The zero-order chi connectivity index (χ0) is 19.1. The van der Waals surface area contributed by atoms with E-state index in [1.165, 1.54) is 38.5 Å². The molecule has 0 spiro atoms. The Morgan fingerprint density at radius 1 is 1.15 bits per heavy atom. The third-order valence-electron chi connectivity index (χ3n) is 3.57. The number of methoxy groups -OCH3 is 2. The Kier molecular flexibility index (Phi) is 6.94. The fourth-order valence-corrected chi connectivity index (χ4v) is 2.44. The molecule has 1 atom stereocenters. The molecule has 2 amide bonds. The summed E-state index contributed by atoms with van der Waals surface area (Å²) in [5.74, 6) is -1.81. The van der Waals surface area contributed by atoms with Gasteiger partial charge in [0, 0.05) is 18.7 Å². The summed E-state index contributed by atoms with van der Waals surface area (Å²) in [6.45, 7) is -0.00110. The van der Waals surface area contributed by atoms with Crippen molar-refractivity contribution in [1.29, 1.82) is 0 Å². The standard InChI is InChI=1S/C18H18ClFN2O4/c1-25-15-7-6-12(19)9-14(15)22-18(24)17(23)21-10-16(26-2)11-4-3-5-13(20)8-11/h3-9,16H,10H2,1-2H3,(H,21,23)(H,22,24). The Bertz CT molecular complexity index is 801. The molecule has 0 aliphatic rings. The second-order valence-electron chi connectivity index (χ2n) is 5.29. The van der Waals surface area contributed by atoms with Crippen molar-refractivity contribution in [3.63, 3.8) is 0 Å². The summed E-state index contributed by atoms with van der Waals surface area (Å²) in [5.41, 5.74) is 0.818. The van der Waals surface area contributed by atoms with Gasteiger partial charge in [0.2, 0.25) is 0 Å². The lowest BCUT2D eigenvalue weighted by Crippen LogP contribution is -2.38. The van der Waals surface area contributed by atoms with Crippen LogP contribution < -0.4 is 15.4 Å². The molecule has 0 aliphatic heterocycles. The summed E-state index contributed by atoms with van der Waals surface area (Å²) >= 11 is 5.88. The first-order valence-electron chi connectivity index (χ1n) is 7.65. The first kappa shape index (κ1) is 19.7. The number of anilines is 1. The van der Waals surface area contributed by atoms with Gasteiger partial charge in [0.05, 0.1) is 18.9 Å². The molecule has 8 heteroatoms. The minimum Gasteiger partial charge on any atom is -0.495 e. The molecule has 0 saturated heterocycles. The van der Waals surface area contributed by atoms with Crippen LogP contribution in [-0.2, 0) is 14.3 Å². The lowest BCUT2D eigenvalue weighted by atomic mass is 10.1. The quantitative estimate of drug-likeness (QED) is 0.755. The van der Waals surface area contributed by atoms with Gasteiger partial charge in [0.25, 0.3) is 0 Å². The summed E-state index contributed by atoms with van der Waals surface area (Å²) < 4.78 is 23.7. The predicted molar refractivity (Wildman–Crippen MR) is 95.8 cm³/mol. The molecule has 138 valence electrons. The number of amides is 2. The minimum atomic E-state index is -0.889. The summed E-state index contributed by atoms with van der Waals surface area (Å²) in [7, 11) is 2.86. The van der Waals surface area contributed by atoms with Gasteiger partial charge in [-0.1, -0.05) is 23.7 Å². The van der Waals surface area contributed by atoms with Gasteiger partial charge in [-0.3, -0.25) is 9.59 Å². The lowest BCUT2D eigenvalue weighted by molar-refractivity contribution is -0.136. The molecule has 0 radical (unpaired) electrons. The van der Waals surface area contributed by atoms with E-state index in [9.17, 15) is 14.0 Å². The SMILES string of the molecule is COc1ccc(Cl)cc1NC(=O)C(=O)NCC(OC)c1cccc(F)c1. The van der Waals surface area contributed by atoms with Gasteiger partial charge < -0.3 is 20.1 Å². The van der Waals surface area contributed by atoms with Gasteiger partial charge in [0.1, 0.15) is 11.6 Å². The lowest BCUT2D eigenvalue weighted by Gasteiger charge is -2.16. The molecule has 2 N–H and O–H groups in total. The summed E-state index contributed by atoms with van der Waals surface area (Å²) in [5, 5.41) is 5.26. The van der Waals surface area contributed by atoms with Crippen LogP contribution >= 0.6 is 11.6 Å². The number of carbonyl (C=O) groups is 2. The van der Waals surface area contributed by atoms with Crippen LogP contribution in [0.4, 0.5) is 10.1 Å². The van der Waals surface area contributed by atoms with E-state index in [1.807, 2.05) is 0 Å². The molecule has 1 unspecified atom stereocenters. The van der Waals surface area contributed by atoms with Crippen molar-refractivity contribution >= 4 is 29.1 Å². The molecule has 0 heterocycles. The number of hydrogen-bond acceptors (Lipinski definition) is 4. The van der Waals surface area contributed by atoms with Crippen LogP contribution in [0.25, 0.3) is 0 Å². The largest absolute Gasteiger partial charge is 0.495 e. The van der Waals surface area contributed by atoms with Crippen molar-refractivity contribution in [2.45, 2.75) is 6.10 Å². The van der Waals surface area contributed by atoms with Crippen molar-refractivity contribution < 1.29 is 23.5 Å². The zero-order valence-corrected chi connectivity index (χ0v) is 15.0. The van der Waals surface area contributed by atoms with E-state index in [0.717, 1.165) is 0 Å². The number of rotatable bonds is 6. The first-order valence-corrected chi connectivity index (χ1v) is 8.03. The Balaban J connectivity index is 1.98. The summed E-state index contributed by atoms with van der Waals surface area (Å²) in [4.78, 5) is 24.1. The average molecular weight is 381 g/mol. The number of carbonyl (C=O) groups excluding carboxylic acids is 2. The highest BCUT2D eigenvalue weighted by Crippen LogP contribution is 2.27. The second-order valence-corrected chi connectivity index (χ2v) is 5.72. The van der Waals surface area contributed by atoms with Crippen molar-refractivity contribution in [3.05, 3.63) is 58.9 Å². The fraction of sp³-hybridized carbons (Fsp3) is 0.222. The minimum absolute atomic E-state index is 0.00110. The molecular formula is C18H18ClFN2O4. The van der Waals surface area contributed by atoms with E-state index >= 15 is 0 Å². The molecule has 0 aliphatic carbocycles. The van der Waals surface area contributed by atoms with Gasteiger partial charge in [-0.2, -0.15) is 0 Å². The van der Waals surface area contributed by atoms with Crippen LogP contribution in [0.3, 0.4) is 0 Å². The number of ether oxygens (including phenoxy) is 2. The molecule has 0 bridgehead atoms. The number of halogens is 2. The van der Waals surface area contributed by atoms with Crippen molar-refractivity contribution in [2.24, 2.45) is 0 Å². The highest BCUT2D eigenvalue weighted by Gasteiger charge is 2.19. The van der Waals surface area contributed by atoms with Crippen LogP contribution in [0.15, 0.2) is 42.5 Å². The molecule has 2 rings (SSSR count). The van der Waals surface area contributed by atoms with Gasteiger partial charge >= 0.3 is 11.8 Å². The van der Waals surface area contributed by atoms with Crippen molar-refractivity contribution in [2.75, 3.05) is 26.1 Å². The molecule has 0 saturated carbocycles. The molecule has 26 heavy (non-hydrogen) atoms. The average Bonchev–Trinajstić information content (AvgIpc) is 2.62. The monoisotopic (exact) mass is 380 g/mol. The maximum atomic E-state index is 13.3. The van der Waals surface area contributed by atoms with E-state index in [4.69, 9.17) is 21.1 Å². The zero-order valence-electron chi connectivity index (χ0n) is 14.2. The Morgan fingerprint density at radius 3 is 2.58 bits per heavy atom. The molecule has 2 aromatic rings. The number of hydrogen-bond donors (Lipinski definition) is 2. The fourth-order valence-electron chi connectivity index (χ4n) is 2.27. The van der Waals surface area contributed by atoms with Crippen molar-refractivity contribution in [1.82, 2.24) is 5.32 Å². The van der Waals surface area contributed by atoms with Crippen LogP contribution in [0.2, 0.25) is 5.02 Å². The Hall–Kier alpha value is -2.64. The first-order chi connectivity index (χ1) is 12.4. The molecular weight excluding hydrogens is 363 g/mol. The smallest absolute Gasteiger partial charge is 0.313 e. The van der Waals surface area contributed by atoms with Crippen molar-refractivity contribution in [3.8, 4) is 5.75 Å². The molecule has 0 aromatic heterocycles. The van der Waals surface area contributed by atoms with Crippen LogP contribution in [0, 0.1) is 5.82 Å². The third kappa shape index (κ3) is 5.18. The van der Waals surface area contributed by atoms with Crippen LogP contribution in [0.5, 0.6) is 5.75 Å². The third-order valence-corrected chi connectivity index (χ3v) is 3.80. The molecule has 2 aromatic carbocycles. The van der Waals surface area contributed by atoms with Gasteiger partial charge in [-0.25, -0.2) is 4.39 Å². The maximum Gasteiger partial charge on any atom is 0.313 e. The van der Waals surface area contributed by atoms with E-state index in [-0.39, 0.29) is 12.2 Å². The Morgan fingerprint density at radius 2 is 1.92 bits per heavy atom. The molecule has 0 fully saturated rings. The van der Waals surface area contributed by atoms with E-state index in [2.05, 4.69) is 10.6 Å². The highest BCUT2D eigenvalue weighted by molar-refractivity contribution is 6.40. The van der Waals surface area contributed by atoms with Gasteiger partial charge in [0.15, 0.2) is 0 Å².